The molecule has 110 valence electrons. The quantitative estimate of drug-likeness (QED) is 0.922. The van der Waals surface area contributed by atoms with Gasteiger partial charge in [-0.3, -0.25) is 9.78 Å². The number of pyridine rings is 1. The summed E-state index contributed by atoms with van der Waals surface area (Å²) in [4.78, 5) is 23.2. The molecule has 0 unspecified atom stereocenters. The highest BCUT2D eigenvalue weighted by molar-refractivity contribution is 7.13. The zero-order valence-corrected chi connectivity index (χ0v) is 12.9. The van der Waals surface area contributed by atoms with Crippen LogP contribution in [0.2, 0.25) is 0 Å². The van der Waals surface area contributed by atoms with Crippen LogP contribution < -0.4 is 5.32 Å². The van der Waals surface area contributed by atoms with Gasteiger partial charge in [0.25, 0.3) is 5.91 Å². The lowest BCUT2D eigenvalue weighted by atomic mass is 10.1. The first-order valence-corrected chi connectivity index (χ1v) is 7.93. The van der Waals surface area contributed by atoms with Crippen LogP contribution in [-0.2, 0) is 0 Å². The van der Waals surface area contributed by atoms with Gasteiger partial charge in [0.1, 0.15) is 10.7 Å². The summed E-state index contributed by atoms with van der Waals surface area (Å²) in [5, 5.41) is 6.04. The van der Waals surface area contributed by atoms with Crippen LogP contribution in [0.3, 0.4) is 0 Å². The maximum absolute atomic E-state index is 12.6. The maximum Gasteiger partial charge on any atom is 0.273 e. The van der Waals surface area contributed by atoms with E-state index in [9.17, 15) is 4.79 Å². The number of hydrogen-bond donors (Lipinski definition) is 1. The van der Waals surface area contributed by atoms with Crippen molar-refractivity contribution < 1.29 is 4.79 Å². The van der Waals surface area contributed by atoms with E-state index in [0.717, 1.165) is 23.8 Å². The van der Waals surface area contributed by atoms with E-state index in [2.05, 4.69) is 29.1 Å². The second-order valence-electron chi connectivity index (χ2n) is 5.43. The SMILES string of the molecule is C[C@H]1CN(C(=O)c2csc(-c3ccccn3)n2)C[C@H](C)N1. The Morgan fingerprint density at radius 2 is 2.10 bits per heavy atom. The topological polar surface area (TPSA) is 58.1 Å². The van der Waals surface area contributed by atoms with E-state index in [1.54, 1.807) is 6.20 Å². The summed E-state index contributed by atoms with van der Waals surface area (Å²) < 4.78 is 0. The Kier molecular flexibility index (Phi) is 3.98. The summed E-state index contributed by atoms with van der Waals surface area (Å²) in [6.45, 7) is 5.63. The van der Waals surface area contributed by atoms with E-state index in [1.165, 1.54) is 11.3 Å². The number of nitrogens with zero attached hydrogens (tertiary/aromatic N) is 3. The predicted octanol–water partition coefficient (Wildman–Crippen LogP) is 2.03. The largest absolute Gasteiger partial charge is 0.334 e. The molecule has 1 aliphatic rings. The minimum atomic E-state index is 0.00799. The zero-order valence-electron chi connectivity index (χ0n) is 12.1. The lowest BCUT2D eigenvalue weighted by Gasteiger charge is -2.35. The van der Waals surface area contributed by atoms with Crippen molar-refractivity contribution in [1.82, 2.24) is 20.2 Å². The smallest absolute Gasteiger partial charge is 0.273 e. The average Bonchev–Trinajstić information content (AvgIpc) is 2.96. The summed E-state index contributed by atoms with van der Waals surface area (Å²) in [5.74, 6) is 0.00799. The van der Waals surface area contributed by atoms with Gasteiger partial charge < -0.3 is 10.2 Å². The molecular weight excluding hydrogens is 284 g/mol. The van der Waals surface area contributed by atoms with Crippen molar-refractivity contribution >= 4 is 17.2 Å². The molecule has 5 nitrogen and oxygen atoms in total. The Morgan fingerprint density at radius 3 is 2.76 bits per heavy atom. The Morgan fingerprint density at radius 1 is 1.33 bits per heavy atom. The first kappa shape index (κ1) is 14.2. The second kappa shape index (κ2) is 5.91. The third kappa shape index (κ3) is 3.11. The Hall–Kier alpha value is -1.79. The van der Waals surface area contributed by atoms with E-state index in [-0.39, 0.29) is 5.91 Å². The van der Waals surface area contributed by atoms with Crippen molar-refractivity contribution in [2.75, 3.05) is 13.1 Å². The monoisotopic (exact) mass is 302 g/mol. The molecule has 2 atom stereocenters. The molecule has 6 heteroatoms. The van der Waals surface area contributed by atoms with Crippen LogP contribution in [0.4, 0.5) is 0 Å². The molecule has 1 N–H and O–H groups in total. The van der Waals surface area contributed by atoms with Crippen LogP contribution in [0.15, 0.2) is 29.8 Å². The van der Waals surface area contributed by atoms with Gasteiger partial charge in [0.2, 0.25) is 0 Å². The van der Waals surface area contributed by atoms with E-state index >= 15 is 0 Å². The van der Waals surface area contributed by atoms with Gasteiger partial charge in [0.15, 0.2) is 0 Å². The van der Waals surface area contributed by atoms with Crippen molar-refractivity contribution in [2.45, 2.75) is 25.9 Å². The first-order valence-electron chi connectivity index (χ1n) is 7.05. The maximum atomic E-state index is 12.6. The molecule has 2 aromatic rings. The van der Waals surface area contributed by atoms with Crippen LogP contribution in [-0.4, -0.2) is 45.9 Å². The second-order valence-corrected chi connectivity index (χ2v) is 6.29. The van der Waals surface area contributed by atoms with Gasteiger partial charge in [0, 0.05) is 36.8 Å². The van der Waals surface area contributed by atoms with Crippen molar-refractivity contribution in [2.24, 2.45) is 0 Å². The predicted molar refractivity (Wildman–Crippen MR) is 83.3 cm³/mol. The molecule has 1 aliphatic heterocycles. The standard InChI is InChI=1S/C15H18N4OS/c1-10-7-19(8-11(2)17-10)15(20)13-9-21-14(18-13)12-5-3-4-6-16-12/h3-6,9-11,17H,7-8H2,1-2H3/t10-,11-/m0/s1. The van der Waals surface area contributed by atoms with Crippen molar-refractivity contribution in [3.63, 3.8) is 0 Å². The Labute approximate surface area is 128 Å². The van der Waals surface area contributed by atoms with Crippen LogP contribution in [0.1, 0.15) is 24.3 Å². The molecule has 0 aliphatic carbocycles. The van der Waals surface area contributed by atoms with Gasteiger partial charge in [-0.15, -0.1) is 11.3 Å². The van der Waals surface area contributed by atoms with Gasteiger partial charge in [-0.1, -0.05) is 6.07 Å². The van der Waals surface area contributed by atoms with E-state index < -0.39 is 0 Å². The van der Waals surface area contributed by atoms with Crippen LogP contribution in [0, 0.1) is 0 Å². The van der Waals surface area contributed by atoms with Crippen molar-refractivity contribution in [3.8, 4) is 10.7 Å². The van der Waals surface area contributed by atoms with Gasteiger partial charge >= 0.3 is 0 Å². The minimum absolute atomic E-state index is 0.00799. The molecule has 3 heterocycles. The van der Waals surface area contributed by atoms with Crippen molar-refractivity contribution in [1.29, 1.82) is 0 Å². The lowest BCUT2D eigenvalue weighted by Crippen LogP contribution is -2.55. The van der Waals surface area contributed by atoms with Gasteiger partial charge in [-0.2, -0.15) is 0 Å². The molecule has 1 amide bonds. The number of nitrogens with one attached hydrogen (secondary N) is 1. The molecule has 3 rings (SSSR count). The van der Waals surface area contributed by atoms with Crippen LogP contribution in [0.25, 0.3) is 10.7 Å². The normalized spacial score (nSPS) is 22.3. The molecule has 21 heavy (non-hydrogen) atoms. The van der Waals surface area contributed by atoms with E-state index in [4.69, 9.17) is 0 Å². The number of rotatable bonds is 2. The van der Waals surface area contributed by atoms with Gasteiger partial charge in [-0.05, 0) is 26.0 Å². The number of hydrogen-bond acceptors (Lipinski definition) is 5. The molecule has 2 aromatic heterocycles. The van der Waals surface area contributed by atoms with Crippen LogP contribution in [0.5, 0.6) is 0 Å². The lowest BCUT2D eigenvalue weighted by molar-refractivity contribution is 0.0669. The third-order valence-corrected chi connectivity index (χ3v) is 4.32. The average molecular weight is 302 g/mol. The minimum Gasteiger partial charge on any atom is -0.334 e. The molecule has 0 spiro atoms. The Balaban J connectivity index is 1.78. The fourth-order valence-electron chi connectivity index (χ4n) is 2.63. The highest BCUT2D eigenvalue weighted by Gasteiger charge is 2.27. The summed E-state index contributed by atoms with van der Waals surface area (Å²) >= 11 is 1.46. The fraction of sp³-hybridized carbons (Fsp3) is 0.400. The van der Waals surface area contributed by atoms with Crippen molar-refractivity contribution in [3.05, 3.63) is 35.5 Å². The number of aromatic nitrogens is 2. The molecule has 0 aromatic carbocycles. The zero-order chi connectivity index (χ0) is 14.8. The summed E-state index contributed by atoms with van der Waals surface area (Å²) in [5.41, 5.74) is 1.32. The molecule has 0 bridgehead atoms. The number of thiazole rings is 1. The summed E-state index contributed by atoms with van der Waals surface area (Å²) in [6, 6.07) is 6.32. The third-order valence-electron chi connectivity index (χ3n) is 3.45. The van der Waals surface area contributed by atoms with E-state index in [0.29, 0.717) is 17.8 Å². The van der Waals surface area contributed by atoms with Crippen LogP contribution >= 0.6 is 11.3 Å². The number of carbonyl (C=O) groups is 1. The van der Waals surface area contributed by atoms with Gasteiger partial charge in [-0.25, -0.2) is 4.98 Å². The highest BCUT2D eigenvalue weighted by Crippen LogP contribution is 2.22. The summed E-state index contributed by atoms with van der Waals surface area (Å²) in [7, 11) is 0. The van der Waals surface area contributed by atoms with Gasteiger partial charge in [0.05, 0.1) is 5.69 Å². The highest BCUT2D eigenvalue weighted by atomic mass is 32.1. The number of carbonyl (C=O) groups excluding carboxylic acids is 1. The fourth-order valence-corrected chi connectivity index (χ4v) is 3.40. The molecular formula is C15H18N4OS. The molecule has 1 fully saturated rings. The molecule has 0 saturated carbocycles. The molecule has 0 radical (unpaired) electrons. The molecule has 1 saturated heterocycles. The summed E-state index contributed by atoms with van der Waals surface area (Å²) in [6.07, 6.45) is 1.73. The van der Waals surface area contributed by atoms with E-state index in [1.807, 2.05) is 28.5 Å². The number of amides is 1. The number of piperazine rings is 1. The Bertz CT molecular complexity index is 618. The first-order chi connectivity index (χ1) is 10.1.